The standard InChI is InChI=1S/C10H10N4O4/c11-8(5-15)10-12-9(13-18-10)6-1-3-7(4-2-6)14(16)17/h1-4,8,15H,5,11H2. The lowest BCUT2D eigenvalue weighted by Crippen LogP contribution is -2.14. The number of hydrogen-bond donors (Lipinski definition) is 2. The van der Waals surface area contributed by atoms with Crippen molar-refractivity contribution < 1.29 is 14.6 Å². The van der Waals surface area contributed by atoms with Crippen LogP contribution < -0.4 is 5.73 Å². The SMILES string of the molecule is NC(CO)c1nc(-c2ccc([N+](=O)[O-])cc2)no1. The molecule has 1 aromatic heterocycles. The lowest BCUT2D eigenvalue weighted by molar-refractivity contribution is -0.384. The quantitative estimate of drug-likeness (QED) is 0.601. The first-order valence-electron chi connectivity index (χ1n) is 5.06. The lowest BCUT2D eigenvalue weighted by Gasteiger charge is -1.98. The molecule has 0 aliphatic carbocycles. The minimum Gasteiger partial charge on any atom is -0.394 e. The fourth-order valence-electron chi connectivity index (χ4n) is 1.31. The zero-order valence-electron chi connectivity index (χ0n) is 9.18. The first kappa shape index (κ1) is 12.1. The van der Waals surface area contributed by atoms with Crippen molar-refractivity contribution in [3.63, 3.8) is 0 Å². The van der Waals surface area contributed by atoms with Gasteiger partial charge in [0.2, 0.25) is 11.7 Å². The molecule has 0 aliphatic heterocycles. The largest absolute Gasteiger partial charge is 0.394 e. The Bertz CT molecular complexity index is 551. The zero-order chi connectivity index (χ0) is 13.1. The number of nitro benzene ring substituents is 1. The van der Waals surface area contributed by atoms with E-state index < -0.39 is 11.0 Å². The second-order valence-corrected chi connectivity index (χ2v) is 3.55. The predicted molar refractivity (Wildman–Crippen MR) is 60.4 cm³/mol. The van der Waals surface area contributed by atoms with Crippen molar-refractivity contribution in [1.29, 1.82) is 0 Å². The van der Waals surface area contributed by atoms with E-state index in [-0.39, 0.29) is 24.0 Å². The molecule has 18 heavy (non-hydrogen) atoms. The molecule has 8 nitrogen and oxygen atoms in total. The summed E-state index contributed by atoms with van der Waals surface area (Å²) < 4.78 is 4.87. The van der Waals surface area contributed by atoms with Crippen LogP contribution in [0.3, 0.4) is 0 Å². The highest BCUT2D eigenvalue weighted by atomic mass is 16.6. The number of nitrogens with zero attached hydrogens (tertiary/aromatic N) is 3. The molecule has 0 radical (unpaired) electrons. The van der Waals surface area contributed by atoms with Crippen molar-refractivity contribution >= 4 is 5.69 Å². The molecular formula is C10H10N4O4. The zero-order valence-corrected chi connectivity index (χ0v) is 9.18. The van der Waals surface area contributed by atoms with Crippen LogP contribution in [-0.2, 0) is 0 Å². The molecule has 94 valence electrons. The van der Waals surface area contributed by atoms with E-state index >= 15 is 0 Å². The Morgan fingerprint density at radius 1 is 1.44 bits per heavy atom. The van der Waals surface area contributed by atoms with E-state index in [1.165, 1.54) is 24.3 Å². The summed E-state index contributed by atoms with van der Waals surface area (Å²) in [6.07, 6.45) is 0. The molecule has 0 spiro atoms. The second-order valence-electron chi connectivity index (χ2n) is 3.55. The highest BCUT2D eigenvalue weighted by Gasteiger charge is 2.15. The molecule has 1 heterocycles. The summed E-state index contributed by atoms with van der Waals surface area (Å²) in [5, 5.41) is 23.0. The van der Waals surface area contributed by atoms with Crippen LogP contribution >= 0.6 is 0 Å². The Labute approximate surface area is 101 Å². The Kier molecular flexibility index (Phi) is 3.31. The number of nitro groups is 1. The van der Waals surface area contributed by atoms with Gasteiger partial charge in [-0.1, -0.05) is 5.16 Å². The maximum atomic E-state index is 10.5. The van der Waals surface area contributed by atoms with Crippen LogP contribution in [0, 0.1) is 10.1 Å². The number of aliphatic hydroxyl groups excluding tert-OH is 1. The first-order chi connectivity index (χ1) is 8.61. The average Bonchev–Trinajstić information content (AvgIpc) is 2.87. The van der Waals surface area contributed by atoms with Crippen molar-refractivity contribution in [3.05, 3.63) is 40.3 Å². The number of rotatable bonds is 4. The minimum absolute atomic E-state index is 0.0190. The maximum absolute atomic E-state index is 10.5. The topological polar surface area (TPSA) is 128 Å². The third-order valence-corrected chi connectivity index (χ3v) is 2.29. The smallest absolute Gasteiger partial charge is 0.269 e. The summed E-state index contributed by atoms with van der Waals surface area (Å²) >= 11 is 0. The fraction of sp³-hybridized carbons (Fsp3) is 0.200. The van der Waals surface area contributed by atoms with Gasteiger partial charge in [0.1, 0.15) is 6.04 Å². The predicted octanol–water partition coefficient (Wildman–Crippen LogP) is 0.637. The summed E-state index contributed by atoms with van der Waals surface area (Å²) in [4.78, 5) is 14.0. The van der Waals surface area contributed by atoms with E-state index in [2.05, 4.69) is 10.1 Å². The molecule has 0 aliphatic rings. The van der Waals surface area contributed by atoms with Gasteiger partial charge in [0.15, 0.2) is 0 Å². The van der Waals surface area contributed by atoms with E-state index in [4.69, 9.17) is 15.4 Å². The molecular weight excluding hydrogens is 240 g/mol. The van der Waals surface area contributed by atoms with Gasteiger partial charge in [0.25, 0.3) is 5.69 Å². The lowest BCUT2D eigenvalue weighted by atomic mass is 10.2. The van der Waals surface area contributed by atoms with Gasteiger partial charge in [-0.05, 0) is 12.1 Å². The third kappa shape index (κ3) is 2.34. The van der Waals surface area contributed by atoms with Crippen LogP contribution in [0.25, 0.3) is 11.4 Å². The highest BCUT2D eigenvalue weighted by molar-refractivity contribution is 5.56. The van der Waals surface area contributed by atoms with E-state index in [0.29, 0.717) is 5.56 Å². The number of non-ortho nitro benzene ring substituents is 1. The summed E-state index contributed by atoms with van der Waals surface area (Å²) in [6, 6.07) is 4.98. The second kappa shape index (κ2) is 4.90. The van der Waals surface area contributed by atoms with Gasteiger partial charge in [0, 0.05) is 17.7 Å². The Balaban J connectivity index is 2.26. The van der Waals surface area contributed by atoms with E-state index in [1.54, 1.807) is 0 Å². The van der Waals surface area contributed by atoms with Crippen LogP contribution in [0.15, 0.2) is 28.8 Å². The molecule has 0 saturated heterocycles. The molecule has 1 atom stereocenters. The average molecular weight is 250 g/mol. The van der Waals surface area contributed by atoms with Gasteiger partial charge in [-0.15, -0.1) is 0 Å². The van der Waals surface area contributed by atoms with Gasteiger partial charge >= 0.3 is 0 Å². The first-order valence-corrected chi connectivity index (χ1v) is 5.06. The van der Waals surface area contributed by atoms with E-state index in [0.717, 1.165) is 0 Å². The third-order valence-electron chi connectivity index (χ3n) is 2.29. The maximum Gasteiger partial charge on any atom is 0.269 e. The van der Waals surface area contributed by atoms with Crippen LogP contribution in [0.5, 0.6) is 0 Å². The molecule has 0 bridgehead atoms. The van der Waals surface area contributed by atoms with Gasteiger partial charge < -0.3 is 15.4 Å². The number of aromatic nitrogens is 2. The van der Waals surface area contributed by atoms with Crippen molar-refractivity contribution in [2.45, 2.75) is 6.04 Å². The Morgan fingerprint density at radius 3 is 2.67 bits per heavy atom. The summed E-state index contributed by atoms with van der Waals surface area (Å²) in [5.74, 6) is 0.384. The molecule has 0 amide bonds. The molecule has 2 aromatic rings. The molecule has 3 N–H and O–H groups in total. The van der Waals surface area contributed by atoms with E-state index in [1.807, 2.05) is 0 Å². The summed E-state index contributed by atoms with van der Waals surface area (Å²) in [5.41, 5.74) is 6.07. The fourth-order valence-corrected chi connectivity index (χ4v) is 1.31. The normalized spacial score (nSPS) is 12.3. The number of hydrogen-bond acceptors (Lipinski definition) is 7. The monoisotopic (exact) mass is 250 g/mol. The molecule has 8 heteroatoms. The van der Waals surface area contributed by atoms with Gasteiger partial charge in [-0.2, -0.15) is 4.98 Å². The van der Waals surface area contributed by atoms with Crippen molar-refractivity contribution in [1.82, 2.24) is 10.1 Å². The van der Waals surface area contributed by atoms with Gasteiger partial charge in [-0.25, -0.2) is 0 Å². The van der Waals surface area contributed by atoms with E-state index in [9.17, 15) is 10.1 Å². The molecule has 0 fully saturated rings. The van der Waals surface area contributed by atoms with Gasteiger partial charge in [-0.3, -0.25) is 10.1 Å². The summed E-state index contributed by atoms with van der Waals surface area (Å²) in [7, 11) is 0. The van der Waals surface area contributed by atoms with Crippen LogP contribution in [0.1, 0.15) is 11.9 Å². The van der Waals surface area contributed by atoms with Gasteiger partial charge in [0.05, 0.1) is 11.5 Å². The minimum atomic E-state index is -0.732. The number of aliphatic hydroxyl groups is 1. The van der Waals surface area contributed by atoms with Crippen LogP contribution in [0.2, 0.25) is 0 Å². The Morgan fingerprint density at radius 2 is 2.11 bits per heavy atom. The molecule has 0 saturated carbocycles. The highest BCUT2D eigenvalue weighted by Crippen LogP contribution is 2.20. The van der Waals surface area contributed by atoms with Crippen molar-refractivity contribution in [2.24, 2.45) is 5.73 Å². The molecule has 1 unspecified atom stereocenters. The molecule has 1 aromatic carbocycles. The van der Waals surface area contributed by atoms with Crippen molar-refractivity contribution in [3.8, 4) is 11.4 Å². The van der Waals surface area contributed by atoms with Crippen LogP contribution in [0.4, 0.5) is 5.69 Å². The Hall–Kier alpha value is -2.32. The molecule has 2 rings (SSSR count). The van der Waals surface area contributed by atoms with Crippen molar-refractivity contribution in [2.75, 3.05) is 6.61 Å². The van der Waals surface area contributed by atoms with Crippen LogP contribution in [-0.4, -0.2) is 26.8 Å². The summed E-state index contributed by atoms with van der Waals surface area (Å²) in [6.45, 7) is -0.304. The number of nitrogens with two attached hydrogens (primary N) is 1. The number of benzene rings is 1.